The Balaban J connectivity index is 1.95. The van der Waals surface area contributed by atoms with Crippen LogP contribution < -0.4 is 5.32 Å². The van der Waals surface area contributed by atoms with E-state index in [-0.39, 0.29) is 0 Å². The highest BCUT2D eigenvalue weighted by molar-refractivity contribution is 7.18. The van der Waals surface area contributed by atoms with E-state index < -0.39 is 0 Å². The number of nitrogens with zero attached hydrogens (tertiary/aromatic N) is 3. The Morgan fingerprint density at radius 2 is 2.00 bits per heavy atom. The standard InChI is InChI=1S/C15H20N4S/c1-9(2)16-15-19-18-14(20-15)12-8-11-6-4-5-7-13(11)17-10(12)3/h8-9H,4-7H2,1-3H3,(H,16,19). The highest BCUT2D eigenvalue weighted by Gasteiger charge is 2.16. The van der Waals surface area contributed by atoms with Gasteiger partial charge in [0.25, 0.3) is 0 Å². The molecule has 0 spiro atoms. The lowest BCUT2D eigenvalue weighted by molar-refractivity contribution is 0.666. The monoisotopic (exact) mass is 288 g/mol. The molecule has 0 saturated heterocycles. The van der Waals surface area contributed by atoms with E-state index in [1.54, 1.807) is 11.3 Å². The summed E-state index contributed by atoms with van der Waals surface area (Å²) in [5, 5.41) is 13.7. The topological polar surface area (TPSA) is 50.7 Å². The largest absolute Gasteiger partial charge is 0.358 e. The van der Waals surface area contributed by atoms with Crippen molar-refractivity contribution in [2.75, 3.05) is 5.32 Å². The van der Waals surface area contributed by atoms with E-state index >= 15 is 0 Å². The Morgan fingerprint density at radius 3 is 2.80 bits per heavy atom. The second kappa shape index (κ2) is 5.48. The fourth-order valence-corrected chi connectivity index (χ4v) is 3.55. The predicted molar refractivity (Wildman–Crippen MR) is 83.3 cm³/mol. The summed E-state index contributed by atoms with van der Waals surface area (Å²) in [5.74, 6) is 0. The minimum atomic E-state index is 0.374. The van der Waals surface area contributed by atoms with E-state index in [9.17, 15) is 0 Å². The Hall–Kier alpha value is -1.49. The van der Waals surface area contributed by atoms with Gasteiger partial charge in [-0.3, -0.25) is 4.98 Å². The molecular weight excluding hydrogens is 268 g/mol. The molecule has 2 heterocycles. The molecule has 5 heteroatoms. The first-order chi connectivity index (χ1) is 9.63. The summed E-state index contributed by atoms with van der Waals surface area (Å²) in [5.41, 5.74) is 4.88. The predicted octanol–water partition coefficient (Wildman–Crippen LogP) is 3.61. The molecule has 0 radical (unpaired) electrons. The third kappa shape index (κ3) is 2.68. The molecule has 2 aromatic rings. The molecule has 0 aliphatic heterocycles. The van der Waals surface area contributed by atoms with Crippen molar-refractivity contribution in [3.05, 3.63) is 23.0 Å². The Bertz CT molecular complexity index is 618. The summed E-state index contributed by atoms with van der Waals surface area (Å²) in [7, 11) is 0. The van der Waals surface area contributed by atoms with Gasteiger partial charge in [-0.1, -0.05) is 11.3 Å². The molecule has 0 saturated carbocycles. The number of aryl methyl sites for hydroxylation is 3. The number of fused-ring (bicyclic) bond motifs is 1. The van der Waals surface area contributed by atoms with Crippen LogP contribution in [0.1, 0.15) is 43.6 Å². The van der Waals surface area contributed by atoms with Gasteiger partial charge in [-0.25, -0.2) is 0 Å². The number of hydrogen-bond acceptors (Lipinski definition) is 5. The van der Waals surface area contributed by atoms with Crippen molar-refractivity contribution in [2.45, 2.75) is 52.5 Å². The zero-order valence-electron chi connectivity index (χ0n) is 12.2. The molecular formula is C15H20N4S. The van der Waals surface area contributed by atoms with Crippen LogP contribution in [-0.2, 0) is 12.8 Å². The average molecular weight is 288 g/mol. The third-order valence-corrected chi connectivity index (χ3v) is 4.45. The second-order valence-electron chi connectivity index (χ2n) is 5.65. The Kier molecular flexibility index (Phi) is 3.70. The van der Waals surface area contributed by atoms with E-state index in [0.29, 0.717) is 6.04 Å². The normalized spacial score (nSPS) is 14.4. The van der Waals surface area contributed by atoms with Crippen LogP contribution in [0.3, 0.4) is 0 Å². The first kappa shape index (κ1) is 13.5. The van der Waals surface area contributed by atoms with E-state index in [1.807, 2.05) is 0 Å². The molecule has 1 aliphatic carbocycles. The maximum Gasteiger partial charge on any atom is 0.206 e. The second-order valence-corrected chi connectivity index (χ2v) is 6.62. The van der Waals surface area contributed by atoms with Crippen LogP contribution in [0.4, 0.5) is 5.13 Å². The molecule has 0 bridgehead atoms. The molecule has 0 aromatic carbocycles. The van der Waals surface area contributed by atoms with Crippen molar-refractivity contribution in [1.29, 1.82) is 0 Å². The van der Waals surface area contributed by atoms with E-state index in [4.69, 9.17) is 4.98 Å². The lowest BCUT2D eigenvalue weighted by atomic mass is 9.94. The fraction of sp³-hybridized carbons (Fsp3) is 0.533. The van der Waals surface area contributed by atoms with Gasteiger partial charge in [-0.05, 0) is 58.1 Å². The average Bonchev–Trinajstić information content (AvgIpc) is 2.85. The number of rotatable bonds is 3. The first-order valence-electron chi connectivity index (χ1n) is 7.23. The van der Waals surface area contributed by atoms with Crippen LogP contribution in [-0.4, -0.2) is 21.2 Å². The van der Waals surface area contributed by atoms with Gasteiger partial charge in [0.2, 0.25) is 5.13 Å². The van der Waals surface area contributed by atoms with Crippen molar-refractivity contribution < 1.29 is 0 Å². The molecule has 106 valence electrons. The Morgan fingerprint density at radius 1 is 1.20 bits per heavy atom. The van der Waals surface area contributed by atoms with Gasteiger partial charge >= 0.3 is 0 Å². The number of hydrogen-bond donors (Lipinski definition) is 1. The molecule has 0 unspecified atom stereocenters. The summed E-state index contributed by atoms with van der Waals surface area (Å²) in [6.45, 7) is 6.28. The van der Waals surface area contributed by atoms with Crippen molar-refractivity contribution in [3.8, 4) is 10.6 Å². The number of nitrogens with one attached hydrogen (secondary N) is 1. The molecule has 3 rings (SSSR count). The van der Waals surface area contributed by atoms with Crippen LogP contribution in [0.2, 0.25) is 0 Å². The van der Waals surface area contributed by atoms with Gasteiger partial charge in [-0.15, -0.1) is 10.2 Å². The summed E-state index contributed by atoms with van der Waals surface area (Å²) in [6, 6.07) is 2.65. The van der Waals surface area contributed by atoms with Crippen molar-refractivity contribution in [2.24, 2.45) is 0 Å². The van der Waals surface area contributed by atoms with E-state index in [0.717, 1.165) is 34.2 Å². The van der Waals surface area contributed by atoms with E-state index in [1.165, 1.54) is 24.1 Å². The highest BCUT2D eigenvalue weighted by Crippen LogP contribution is 2.31. The molecule has 2 aromatic heterocycles. The maximum atomic E-state index is 4.78. The molecule has 4 nitrogen and oxygen atoms in total. The maximum absolute atomic E-state index is 4.78. The van der Waals surface area contributed by atoms with Crippen LogP contribution in [0.5, 0.6) is 0 Å². The van der Waals surface area contributed by atoms with Crippen molar-refractivity contribution in [3.63, 3.8) is 0 Å². The van der Waals surface area contributed by atoms with Crippen LogP contribution >= 0.6 is 11.3 Å². The smallest absolute Gasteiger partial charge is 0.206 e. The molecule has 1 N–H and O–H groups in total. The van der Waals surface area contributed by atoms with Crippen molar-refractivity contribution >= 4 is 16.5 Å². The van der Waals surface area contributed by atoms with Gasteiger partial charge in [0.15, 0.2) is 5.01 Å². The van der Waals surface area contributed by atoms with Gasteiger partial charge in [0.1, 0.15) is 0 Å². The molecule has 0 fully saturated rings. The first-order valence-corrected chi connectivity index (χ1v) is 8.05. The summed E-state index contributed by atoms with van der Waals surface area (Å²) < 4.78 is 0. The molecule has 0 amide bonds. The summed E-state index contributed by atoms with van der Waals surface area (Å²) in [4.78, 5) is 4.78. The summed E-state index contributed by atoms with van der Waals surface area (Å²) >= 11 is 1.61. The summed E-state index contributed by atoms with van der Waals surface area (Å²) in [6.07, 6.45) is 4.80. The van der Waals surface area contributed by atoms with Gasteiger partial charge < -0.3 is 5.32 Å². The fourth-order valence-electron chi connectivity index (χ4n) is 2.59. The molecule has 1 aliphatic rings. The molecule has 0 atom stereocenters. The zero-order valence-corrected chi connectivity index (χ0v) is 13.0. The lowest BCUT2D eigenvalue weighted by Gasteiger charge is -2.16. The van der Waals surface area contributed by atoms with Gasteiger partial charge in [0.05, 0.1) is 0 Å². The Labute approximate surface area is 123 Å². The minimum Gasteiger partial charge on any atom is -0.358 e. The quantitative estimate of drug-likeness (QED) is 0.937. The van der Waals surface area contributed by atoms with Crippen LogP contribution in [0.25, 0.3) is 10.6 Å². The minimum absolute atomic E-state index is 0.374. The van der Waals surface area contributed by atoms with Crippen LogP contribution in [0.15, 0.2) is 6.07 Å². The third-order valence-electron chi connectivity index (χ3n) is 3.56. The zero-order chi connectivity index (χ0) is 14.1. The van der Waals surface area contributed by atoms with E-state index in [2.05, 4.69) is 42.4 Å². The highest BCUT2D eigenvalue weighted by atomic mass is 32.1. The van der Waals surface area contributed by atoms with Gasteiger partial charge in [0, 0.05) is 23.0 Å². The number of anilines is 1. The molecule has 20 heavy (non-hydrogen) atoms. The number of pyridine rings is 1. The number of aromatic nitrogens is 3. The van der Waals surface area contributed by atoms with Gasteiger partial charge in [-0.2, -0.15) is 0 Å². The lowest BCUT2D eigenvalue weighted by Crippen LogP contribution is -2.08. The van der Waals surface area contributed by atoms with Crippen molar-refractivity contribution in [1.82, 2.24) is 15.2 Å². The SMILES string of the molecule is Cc1nc2c(cc1-c1nnc(NC(C)C)s1)CCCC2. The van der Waals surface area contributed by atoms with Crippen LogP contribution in [0, 0.1) is 6.92 Å².